The minimum Gasteiger partial charge on any atom is -0.384 e. The van der Waals surface area contributed by atoms with Crippen LogP contribution in [0.1, 0.15) is 65.1 Å². The molecule has 2 atom stereocenters. The third-order valence-corrected chi connectivity index (χ3v) is 7.38. The van der Waals surface area contributed by atoms with Gasteiger partial charge in [0.05, 0.1) is 17.3 Å². The minimum atomic E-state index is -1.03. The number of carbonyl (C=O) groups excluding carboxylic acids is 1. The number of pyridine rings is 1. The molecule has 2 N–H and O–H groups in total. The zero-order chi connectivity index (χ0) is 24.3. The molecule has 3 aliphatic rings. The summed E-state index contributed by atoms with van der Waals surface area (Å²) in [6.07, 6.45) is 5.41. The summed E-state index contributed by atoms with van der Waals surface area (Å²) in [5.74, 6) is 0.200. The first-order chi connectivity index (χ1) is 16.0. The first kappa shape index (κ1) is 22.7. The highest BCUT2D eigenvalue weighted by atomic mass is 16.3. The second-order valence-corrected chi connectivity index (χ2v) is 11.0. The van der Waals surface area contributed by atoms with E-state index in [0.29, 0.717) is 12.1 Å². The van der Waals surface area contributed by atoms with Crippen molar-refractivity contribution in [1.82, 2.24) is 10.3 Å². The fourth-order valence-electron chi connectivity index (χ4n) is 5.80. The highest BCUT2D eigenvalue weighted by Crippen LogP contribution is 2.54. The second kappa shape index (κ2) is 7.70. The number of allylic oxidation sites excluding steroid dienone is 2. The fourth-order valence-corrected chi connectivity index (χ4v) is 5.80. The summed E-state index contributed by atoms with van der Waals surface area (Å²) in [4.78, 5) is 18.0. The molecule has 0 radical (unpaired) electrons. The number of hydrogen-bond donors (Lipinski definition) is 2. The van der Waals surface area contributed by atoms with Gasteiger partial charge in [-0.2, -0.15) is 10.2 Å². The highest BCUT2D eigenvalue weighted by Gasteiger charge is 2.52. The number of rotatable bonds is 4. The summed E-state index contributed by atoms with van der Waals surface area (Å²) in [5, 5.41) is 22.7. The average molecular weight is 457 g/mol. The first-order valence-electron chi connectivity index (χ1n) is 12.0. The van der Waals surface area contributed by atoms with Crippen LogP contribution in [-0.4, -0.2) is 22.0 Å². The van der Waals surface area contributed by atoms with Gasteiger partial charge in [-0.1, -0.05) is 39.0 Å². The van der Waals surface area contributed by atoms with Crippen molar-refractivity contribution in [2.24, 2.45) is 15.6 Å². The molecular weight excluding hydrogens is 424 g/mol. The van der Waals surface area contributed by atoms with Crippen LogP contribution in [0, 0.1) is 5.41 Å². The average Bonchev–Trinajstić information content (AvgIpc) is 3.25. The van der Waals surface area contributed by atoms with Gasteiger partial charge in [0.25, 0.3) is 0 Å². The van der Waals surface area contributed by atoms with E-state index in [9.17, 15) is 9.90 Å². The third-order valence-electron chi connectivity index (χ3n) is 7.38. The molecule has 0 spiro atoms. The molecule has 0 fully saturated rings. The maximum atomic E-state index is 13.7. The second-order valence-electron chi connectivity index (χ2n) is 11.0. The van der Waals surface area contributed by atoms with E-state index >= 15 is 0 Å². The van der Waals surface area contributed by atoms with E-state index in [2.05, 4.69) is 59.5 Å². The number of hydrogen-bond acceptors (Lipinski definition) is 6. The van der Waals surface area contributed by atoms with Gasteiger partial charge >= 0.3 is 0 Å². The lowest BCUT2D eigenvalue weighted by atomic mass is 9.58. The number of benzene rings is 1. The molecular formula is C28H32N4O2. The molecule has 176 valence electrons. The summed E-state index contributed by atoms with van der Waals surface area (Å²) < 4.78 is 0. The summed E-state index contributed by atoms with van der Waals surface area (Å²) >= 11 is 0. The molecule has 1 aliphatic carbocycles. The molecule has 34 heavy (non-hydrogen) atoms. The van der Waals surface area contributed by atoms with E-state index in [1.807, 2.05) is 24.4 Å². The number of nitrogens with one attached hydrogen (secondary N) is 1. The molecule has 1 aromatic heterocycles. The van der Waals surface area contributed by atoms with E-state index in [1.165, 1.54) is 0 Å². The normalized spacial score (nSPS) is 25.5. The lowest BCUT2D eigenvalue weighted by molar-refractivity contribution is -0.119. The van der Waals surface area contributed by atoms with E-state index < -0.39 is 11.0 Å². The number of aliphatic hydroxyl groups is 1. The van der Waals surface area contributed by atoms with E-state index in [-0.39, 0.29) is 17.4 Å². The van der Waals surface area contributed by atoms with Crippen molar-refractivity contribution in [3.8, 4) is 11.1 Å². The van der Waals surface area contributed by atoms with E-state index in [1.54, 1.807) is 20.0 Å². The van der Waals surface area contributed by atoms with Gasteiger partial charge in [0.15, 0.2) is 11.9 Å². The Morgan fingerprint density at radius 2 is 1.91 bits per heavy atom. The molecule has 1 aromatic carbocycles. The van der Waals surface area contributed by atoms with Crippen LogP contribution in [0.4, 0.5) is 0 Å². The molecule has 0 amide bonds. The Morgan fingerprint density at radius 1 is 1.15 bits per heavy atom. The number of Topliss-reactive ketones (excluding diaryl/α,β-unsaturated/α-hetero) is 1. The lowest BCUT2D eigenvalue weighted by Gasteiger charge is -2.47. The number of ketones is 1. The van der Waals surface area contributed by atoms with Gasteiger partial charge in [-0.15, -0.1) is 0 Å². The lowest BCUT2D eigenvalue weighted by Crippen LogP contribution is -2.51. The number of azo groups is 1. The Balaban J connectivity index is 1.70. The predicted octanol–water partition coefficient (Wildman–Crippen LogP) is 5.55. The van der Waals surface area contributed by atoms with Crippen LogP contribution in [0.15, 0.2) is 75.9 Å². The van der Waals surface area contributed by atoms with Gasteiger partial charge in [0.2, 0.25) is 0 Å². The van der Waals surface area contributed by atoms with Gasteiger partial charge in [-0.05, 0) is 67.0 Å². The largest absolute Gasteiger partial charge is 0.384 e. The molecule has 2 aliphatic heterocycles. The molecule has 6 heteroatoms. The van der Waals surface area contributed by atoms with Crippen LogP contribution < -0.4 is 5.32 Å². The van der Waals surface area contributed by atoms with E-state index in [4.69, 9.17) is 0 Å². The minimum absolute atomic E-state index is 0.0915. The fraction of sp³-hybridized carbons (Fsp3) is 0.429. The smallest absolute Gasteiger partial charge is 0.164 e. The number of nitrogens with zero attached hydrogens (tertiary/aromatic N) is 3. The van der Waals surface area contributed by atoms with Crippen LogP contribution in [-0.2, 0) is 15.8 Å². The Hall–Kier alpha value is -3.12. The Bertz CT molecular complexity index is 1270. The predicted molar refractivity (Wildman–Crippen MR) is 132 cm³/mol. The molecule has 0 bridgehead atoms. The van der Waals surface area contributed by atoms with Gasteiger partial charge in [-0.3, -0.25) is 9.78 Å². The van der Waals surface area contributed by atoms with Gasteiger partial charge in [0, 0.05) is 29.5 Å². The number of aromatic nitrogens is 1. The molecule has 0 saturated carbocycles. The van der Waals surface area contributed by atoms with Crippen molar-refractivity contribution in [3.05, 3.63) is 76.9 Å². The zero-order valence-electron chi connectivity index (χ0n) is 20.5. The Morgan fingerprint density at radius 3 is 2.65 bits per heavy atom. The highest BCUT2D eigenvalue weighted by molar-refractivity contribution is 6.01. The van der Waals surface area contributed by atoms with Crippen LogP contribution in [0.5, 0.6) is 0 Å². The number of carbonyl (C=O) groups is 1. The molecule has 2 unspecified atom stereocenters. The quantitative estimate of drug-likeness (QED) is 0.632. The van der Waals surface area contributed by atoms with Crippen molar-refractivity contribution in [3.63, 3.8) is 0 Å². The van der Waals surface area contributed by atoms with Crippen LogP contribution in [0.3, 0.4) is 0 Å². The maximum Gasteiger partial charge on any atom is 0.164 e. The van der Waals surface area contributed by atoms with Gasteiger partial charge in [-0.25, -0.2) is 0 Å². The monoisotopic (exact) mass is 456 g/mol. The molecule has 3 heterocycles. The summed E-state index contributed by atoms with van der Waals surface area (Å²) in [6, 6.07) is 12.3. The summed E-state index contributed by atoms with van der Waals surface area (Å²) in [6.45, 7) is 9.91. The van der Waals surface area contributed by atoms with Crippen molar-refractivity contribution in [1.29, 1.82) is 0 Å². The van der Waals surface area contributed by atoms with E-state index in [0.717, 1.165) is 46.4 Å². The van der Waals surface area contributed by atoms with Crippen molar-refractivity contribution in [2.45, 2.75) is 71.1 Å². The molecule has 2 aromatic rings. The van der Waals surface area contributed by atoms with Crippen LogP contribution in [0.2, 0.25) is 0 Å². The SMILES string of the molecule is CCC1(c2cccc(-c3ccnc(C(C)(C)O)c3)c2)C2=CN=NC2NC2=C1C(=O)CC(C)(C)C2. The van der Waals surface area contributed by atoms with Crippen molar-refractivity contribution >= 4 is 5.78 Å². The Kier molecular flexibility index (Phi) is 5.13. The topological polar surface area (TPSA) is 86.9 Å². The third kappa shape index (κ3) is 3.52. The summed E-state index contributed by atoms with van der Waals surface area (Å²) in [7, 11) is 0. The van der Waals surface area contributed by atoms with Gasteiger partial charge in [0.1, 0.15) is 5.60 Å². The summed E-state index contributed by atoms with van der Waals surface area (Å²) in [5.41, 5.74) is 4.89. The molecule has 5 rings (SSSR count). The zero-order valence-corrected chi connectivity index (χ0v) is 20.5. The standard InChI is InChI=1S/C28H32N4O2/c1-6-28(19-9-7-8-17(12-19)18-10-11-29-23(13-18)27(4,5)34)20-16-30-32-25(20)31-21-14-26(2,3)15-22(33)24(21)28/h7-13,16,25,31,34H,6,14-15H2,1-5H3. The van der Waals surface area contributed by atoms with Crippen molar-refractivity contribution in [2.75, 3.05) is 0 Å². The molecule has 6 nitrogen and oxygen atoms in total. The number of fused-ring (bicyclic) bond motifs is 1. The maximum absolute atomic E-state index is 13.7. The first-order valence-corrected chi connectivity index (χ1v) is 12.0. The van der Waals surface area contributed by atoms with Gasteiger partial charge < -0.3 is 10.4 Å². The Labute approximate surface area is 200 Å². The van der Waals surface area contributed by atoms with Crippen molar-refractivity contribution < 1.29 is 9.90 Å². The molecule has 0 saturated heterocycles. The van der Waals surface area contributed by atoms with Crippen LogP contribution in [0.25, 0.3) is 11.1 Å². The van der Waals surface area contributed by atoms with Crippen LogP contribution >= 0.6 is 0 Å².